The van der Waals surface area contributed by atoms with Crippen molar-refractivity contribution < 1.29 is 4.79 Å². The fourth-order valence-corrected chi connectivity index (χ4v) is 2.27. The number of piperidine rings is 1. The van der Waals surface area contributed by atoms with Gasteiger partial charge in [0.1, 0.15) is 0 Å². The third kappa shape index (κ3) is 2.00. The van der Waals surface area contributed by atoms with Crippen molar-refractivity contribution in [1.82, 2.24) is 4.90 Å². The molecule has 2 nitrogen and oxygen atoms in total. The van der Waals surface area contributed by atoms with E-state index in [1.807, 2.05) is 4.90 Å². The molecule has 1 aliphatic heterocycles. The molecule has 1 amide bonds. The normalized spacial score (nSPS) is 30.4. The van der Waals surface area contributed by atoms with Crippen LogP contribution in [0.15, 0.2) is 0 Å². The lowest BCUT2D eigenvalue weighted by atomic mass is 9.98. The van der Waals surface area contributed by atoms with Crippen LogP contribution in [0.2, 0.25) is 0 Å². The van der Waals surface area contributed by atoms with E-state index in [4.69, 9.17) is 0 Å². The minimum Gasteiger partial charge on any atom is -0.337 e. The fourth-order valence-electron chi connectivity index (χ4n) is 1.98. The molecule has 1 aliphatic rings. The maximum atomic E-state index is 11.5. The van der Waals surface area contributed by atoms with Gasteiger partial charge in [0.2, 0.25) is 5.91 Å². The summed E-state index contributed by atoms with van der Waals surface area (Å²) in [6.45, 7) is 4.27. The number of halogens is 1. The first kappa shape index (κ1) is 10.0. The molecule has 1 fully saturated rings. The molecule has 0 spiro atoms. The van der Waals surface area contributed by atoms with Crippen molar-refractivity contribution >= 4 is 21.8 Å². The van der Waals surface area contributed by atoms with Crippen LogP contribution in [0, 0.1) is 0 Å². The summed E-state index contributed by atoms with van der Waals surface area (Å²) in [5.41, 5.74) is 0. The van der Waals surface area contributed by atoms with Gasteiger partial charge in [0.05, 0.1) is 5.33 Å². The molecule has 1 saturated heterocycles. The summed E-state index contributed by atoms with van der Waals surface area (Å²) < 4.78 is 0. The molecule has 1 heterocycles. The van der Waals surface area contributed by atoms with Crippen LogP contribution in [0.4, 0.5) is 0 Å². The first-order valence-electron chi connectivity index (χ1n) is 4.54. The first-order chi connectivity index (χ1) is 5.66. The zero-order chi connectivity index (χ0) is 9.14. The molecular formula is C9H16BrNO. The number of rotatable bonds is 1. The Morgan fingerprint density at radius 3 is 2.33 bits per heavy atom. The second kappa shape index (κ2) is 4.26. The van der Waals surface area contributed by atoms with Crippen molar-refractivity contribution in [2.45, 2.75) is 45.2 Å². The van der Waals surface area contributed by atoms with Crippen LogP contribution in [0.5, 0.6) is 0 Å². The van der Waals surface area contributed by atoms with E-state index >= 15 is 0 Å². The van der Waals surface area contributed by atoms with Crippen molar-refractivity contribution in [1.29, 1.82) is 0 Å². The van der Waals surface area contributed by atoms with Crippen LogP contribution in [0.1, 0.15) is 33.1 Å². The molecule has 0 aromatic carbocycles. The highest BCUT2D eigenvalue weighted by atomic mass is 79.9. The quantitative estimate of drug-likeness (QED) is 0.637. The topological polar surface area (TPSA) is 20.3 Å². The molecule has 0 N–H and O–H groups in total. The summed E-state index contributed by atoms with van der Waals surface area (Å²) >= 11 is 3.21. The lowest BCUT2D eigenvalue weighted by molar-refractivity contribution is -0.134. The van der Waals surface area contributed by atoms with Crippen LogP contribution < -0.4 is 0 Å². The minimum atomic E-state index is 0.231. The number of carbonyl (C=O) groups excluding carboxylic acids is 1. The summed E-state index contributed by atoms with van der Waals surface area (Å²) in [6, 6.07) is 0.859. The second-order valence-electron chi connectivity index (χ2n) is 3.56. The van der Waals surface area contributed by atoms with E-state index in [2.05, 4.69) is 29.8 Å². The van der Waals surface area contributed by atoms with Crippen molar-refractivity contribution in [2.24, 2.45) is 0 Å². The average molecular weight is 234 g/mol. The number of amides is 1. The van der Waals surface area contributed by atoms with Crippen LogP contribution in [0.25, 0.3) is 0 Å². The Labute approximate surface area is 82.4 Å². The highest BCUT2D eigenvalue weighted by molar-refractivity contribution is 9.09. The van der Waals surface area contributed by atoms with Gasteiger partial charge in [-0.2, -0.15) is 0 Å². The Bertz CT molecular complexity index is 162. The molecule has 2 unspecified atom stereocenters. The maximum Gasteiger partial charge on any atom is 0.233 e. The molecule has 70 valence electrons. The van der Waals surface area contributed by atoms with Gasteiger partial charge in [-0.1, -0.05) is 15.9 Å². The Hall–Kier alpha value is -0.0500. The lowest BCUT2D eigenvalue weighted by Crippen LogP contribution is -2.48. The Kier molecular flexibility index (Phi) is 3.56. The third-order valence-electron chi connectivity index (χ3n) is 2.60. The van der Waals surface area contributed by atoms with Gasteiger partial charge in [0.15, 0.2) is 0 Å². The monoisotopic (exact) mass is 233 g/mol. The number of nitrogens with zero attached hydrogens (tertiary/aromatic N) is 1. The molecule has 3 heteroatoms. The van der Waals surface area contributed by atoms with E-state index in [1.54, 1.807) is 0 Å². The number of carbonyl (C=O) groups is 1. The largest absolute Gasteiger partial charge is 0.337 e. The van der Waals surface area contributed by atoms with E-state index < -0.39 is 0 Å². The zero-order valence-electron chi connectivity index (χ0n) is 7.72. The van der Waals surface area contributed by atoms with Crippen molar-refractivity contribution in [3.63, 3.8) is 0 Å². The molecule has 2 atom stereocenters. The van der Waals surface area contributed by atoms with Gasteiger partial charge in [-0.05, 0) is 33.1 Å². The average Bonchev–Trinajstić information content (AvgIpc) is 2.03. The van der Waals surface area contributed by atoms with E-state index in [0.717, 1.165) is 12.8 Å². The number of alkyl halides is 1. The van der Waals surface area contributed by atoms with Gasteiger partial charge >= 0.3 is 0 Å². The van der Waals surface area contributed by atoms with Crippen molar-refractivity contribution in [2.75, 3.05) is 5.33 Å². The first-order valence-corrected chi connectivity index (χ1v) is 5.66. The van der Waals surface area contributed by atoms with Crippen LogP contribution in [-0.2, 0) is 4.79 Å². The van der Waals surface area contributed by atoms with Crippen LogP contribution in [-0.4, -0.2) is 28.2 Å². The number of hydrogen-bond acceptors (Lipinski definition) is 1. The Balaban J connectivity index is 2.62. The predicted molar refractivity (Wildman–Crippen MR) is 53.4 cm³/mol. The van der Waals surface area contributed by atoms with Gasteiger partial charge in [-0.3, -0.25) is 4.79 Å². The highest BCUT2D eigenvalue weighted by Gasteiger charge is 2.27. The summed E-state index contributed by atoms with van der Waals surface area (Å²) in [5.74, 6) is 0.231. The summed E-state index contributed by atoms with van der Waals surface area (Å²) in [6.07, 6.45) is 3.57. The van der Waals surface area contributed by atoms with Gasteiger partial charge in [0, 0.05) is 12.1 Å². The molecule has 0 saturated carbocycles. The Morgan fingerprint density at radius 1 is 1.42 bits per heavy atom. The van der Waals surface area contributed by atoms with Gasteiger partial charge < -0.3 is 4.90 Å². The highest BCUT2D eigenvalue weighted by Crippen LogP contribution is 2.22. The molecule has 0 aromatic heterocycles. The molecule has 0 bridgehead atoms. The predicted octanol–water partition coefficient (Wildman–Crippen LogP) is 2.17. The minimum absolute atomic E-state index is 0.231. The molecular weight excluding hydrogens is 218 g/mol. The number of likely N-dealkylation sites (tertiary alicyclic amines) is 1. The molecule has 0 aliphatic carbocycles. The fraction of sp³-hybridized carbons (Fsp3) is 0.889. The lowest BCUT2D eigenvalue weighted by Gasteiger charge is -2.38. The molecule has 0 aromatic rings. The van der Waals surface area contributed by atoms with Crippen LogP contribution >= 0.6 is 15.9 Å². The van der Waals surface area contributed by atoms with E-state index in [-0.39, 0.29) is 5.91 Å². The smallest absolute Gasteiger partial charge is 0.233 e. The standard InChI is InChI=1S/C9H16BrNO/c1-7-4-3-5-8(2)11(7)9(12)6-10/h7-8H,3-6H2,1-2H3. The summed E-state index contributed by atoms with van der Waals surface area (Å²) in [4.78, 5) is 13.5. The Morgan fingerprint density at radius 2 is 1.92 bits per heavy atom. The third-order valence-corrected chi connectivity index (χ3v) is 3.08. The van der Waals surface area contributed by atoms with Gasteiger partial charge in [0.25, 0.3) is 0 Å². The summed E-state index contributed by atoms with van der Waals surface area (Å²) in [7, 11) is 0. The van der Waals surface area contributed by atoms with Gasteiger partial charge in [-0.25, -0.2) is 0 Å². The van der Waals surface area contributed by atoms with E-state index in [9.17, 15) is 4.79 Å². The summed E-state index contributed by atoms with van der Waals surface area (Å²) in [5, 5.41) is 0.460. The molecule has 1 rings (SSSR count). The molecule has 0 radical (unpaired) electrons. The van der Waals surface area contributed by atoms with E-state index in [0.29, 0.717) is 17.4 Å². The van der Waals surface area contributed by atoms with Gasteiger partial charge in [-0.15, -0.1) is 0 Å². The second-order valence-corrected chi connectivity index (χ2v) is 4.12. The van der Waals surface area contributed by atoms with Crippen molar-refractivity contribution in [3.05, 3.63) is 0 Å². The molecule has 12 heavy (non-hydrogen) atoms. The maximum absolute atomic E-state index is 11.5. The van der Waals surface area contributed by atoms with E-state index in [1.165, 1.54) is 6.42 Å². The van der Waals surface area contributed by atoms with Crippen molar-refractivity contribution in [3.8, 4) is 0 Å². The SMILES string of the molecule is CC1CCCC(C)N1C(=O)CBr. The van der Waals surface area contributed by atoms with Crippen LogP contribution in [0.3, 0.4) is 0 Å². The number of hydrogen-bond donors (Lipinski definition) is 0. The zero-order valence-corrected chi connectivity index (χ0v) is 9.30.